The summed E-state index contributed by atoms with van der Waals surface area (Å²) in [5.74, 6) is 0. The van der Waals surface area contributed by atoms with E-state index in [1.54, 1.807) is 29.4 Å². The van der Waals surface area contributed by atoms with Gasteiger partial charge in [-0.25, -0.2) is 15.0 Å². The van der Waals surface area contributed by atoms with Crippen LogP contribution >= 0.6 is 23.1 Å². The monoisotopic (exact) mass is 329 g/mol. The second-order valence-electron chi connectivity index (χ2n) is 5.82. The zero-order chi connectivity index (χ0) is 15.1. The van der Waals surface area contributed by atoms with E-state index in [1.165, 1.54) is 59.0 Å². The molecule has 0 bridgehead atoms. The highest BCUT2D eigenvalue weighted by Gasteiger charge is 2.23. The Balaban J connectivity index is 2.03. The fraction of sp³-hybridized carbons (Fsp3) is 0.471. The number of aromatic nitrogens is 3. The quantitative estimate of drug-likeness (QED) is 0.509. The Kier molecular flexibility index (Phi) is 3.78. The number of unbranched alkanes of at least 4 members (excludes halogenated alkanes) is 1. The number of fused-ring (bicyclic) bond motifs is 5. The number of hydrogen-bond donors (Lipinski definition) is 0. The van der Waals surface area contributed by atoms with Gasteiger partial charge in [0, 0.05) is 11.1 Å². The Bertz CT molecular complexity index is 854. The van der Waals surface area contributed by atoms with Gasteiger partial charge >= 0.3 is 0 Å². The Hall–Kier alpha value is -1.20. The lowest BCUT2D eigenvalue weighted by molar-refractivity contribution is 0.770. The molecule has 0 aliphatic heterocycles. The van der Waals surface area contributed by atoms with E-state index in [9.17, 15) is 0 Å². The highest BCUT2D eigenvalue weighted by Crippen LogP contribution is 2.41. The van der Waals surface area contributed by atoms with Gasteiger partial charge in [-0.1, -0.05) is 13.3 Å². The molecule has 3 aromatic heterocycles. The highest BCUT2D eigenvalue weighted by molar-refractivity contribution is 7.98. The number of rotatable bonds is 4. The van der Waals surface area contributed by atoms with Crippen LogP contribution < -0.4 is 0 Å². The van der Waals surface area contributed by atoms with E-state index in [2.05, 4.69) is 23.1 Å². The Morgan fingerprint density at radius 1 is 1.23 bits per heavy atom. The van der Waals surface area contributed by atoms with Crippen LogP contribution in [0.1, 0.15) is 43.0 Å². The zero-order valence-electron chi connectivity index (χ0n) is 13.0. The number of thioether (sulfide) groups is 1. The van der Waals surface area contributed by atoms with E-state index in [1.807, 2.05) is 0 Å². The molecule has 1 aliphatic carbocycles. The summed E-state index contributed by atoms with van der Waals surface area (Å²) in [7, 11) is 0. The van der Waals surface area contributed by atoms with Crippen LogP contribution in [0.25, 0.3) is 20.4 Å². The predicted molar refractivity (Wildman–Crippen MR) is 95.1 cm³/mol. The van der Waals surface area contributed by atoms with Gasteiger partial charge in [-0.05, 0) is 49.5 Å². The summed E-state index contributed by atoms with van der Waals surface area (Å²) in [6, 6.07) is 0. The van der Waals surface area contributed by atoms with Gasteiger partial charge in [0.25, 0.3) is 0 Å². The summed E-state index contributed by atoms with van der Waals surface area (Å²) < 4.78 is 1.21. The van der Waals surface area contributed by atoms with E-state index >= 15 is 0 Å². The lowest BCUT2D eigenvalue weighted by Crippen LogP contribution is -1.98. The second-order valence-corrected chi connectivity index (χ2v) is 7.61. The molecule has 114 valence electrons. The van der Waals surface area contributed by atoms with E-state index < -0.39 is 0 Å². The van der Waals surface area contributed by atoms with E-state index in [-0.39, 0.29) is 0 Å². The largest absolute Gasteiger partial charge is 0.242 e. The Labute approximate surface area is 138 Å². The van der Waals surface area contributed by atoms with Gasteiger partial charge in [-0.3, -0.25) is 0 Å². The molecule has 0 atom stereocenters. The third-order valence-electron chi connectivity index (χ3n) is 4.49. The van der Waals surface area contributed by atoms with Crippen LogP contribution in [0, 0.1) is 0 Å². The molecule has 1 aliphatic rings. The van der Waals surface area contributed by atoms with Gasteiger partial charge < -0.3 is 0 Å². The first kappa shape index (κ1) is 14.4. The number of thiophene rings is 1. The van der Waals surface area contributed by atoms with Gasteiger partial charge in [0.15, 0.2) is 0 Å². The first-order chi connectivity index (χ1) is 10.8. The normalized spacial score (nSPS) is 14.1. The number of hydrogen-bond acceptors (Lipinski definition) is 5. The van der Waals surface area contributed by atoms with Crippen LogP contribution in [0.5, 0.6) is 0 Å². The minimum absolute atomic E-state index is 1.08. The molecule has 22 heavy (non-hydrogen) atoms. The third kappa shape index (κ3) is 2.14. The van der Waals surface area contributed by atoms with Gasteiger partial charge in [-0.15, -0.1) is 23.1 Å². The SMILES string of the molecule is CCCCc1nc2sc3c(SC)ncnc3c2c2c1CCC2. The summed E-state index contributed by atoms with van der Waals surface area (Å²) in [5, 5.41) is 2.39. The van der Waals surface area contributed by atoms with Crippen molar-refractivity contribution in [3.05, 3.63) is 23.1 Å². The molecule has 3 nitrogen and oxygen atoms in total. The molecule has 0 aromatic carbocycles. The van der Waals surface area contributed by atoms with Crippen molar-refractivity contribution in [2.24, 2.45) is 0 Å². The minimum atomic E-state index is 1.08. The molecule has 3 aromatic rings. The third-order valence-corrected chi connectivity index (χ3v) is 6.39. The predicted octanol–water partition coefficient (Wildman–Crippen LogP) is 4.79. The average Bonchev–Trinajstić information content (AvgIpc) is 3.15. The maximum Gasteiger partial charge on any atom is 0.126 e. The molecule has 5 heteroatoms. The average molecular weight is 329 g/mol. The number of aryl methyl sites for hydroxylation is 2. The molecule has 0 unspecified atom stereocenters. The zero-order valence-corrected chi connectivity index (χ0v) is 14.6. The summed E-state index contributed by atoms with van der Waals surface area (Å²) in [5.41, 5.74) is 5.50. The van der Waals surface area contributed by atoms with Crippen molar-refractivity contribution in [2.45, 2.75) is 50.5 Å². The maximum absolute atomic E-state index is 5.04. The van der Waals surface area contributed by atoms with Gasteiger partial charge in [0.1, 0.15) is 16.2 Å². The molecule has 0 spiro atoms. The van der Waals surface area contributed by atoms with Crippen LogP contribution in [0.15, 0.2) is 11.4 Å². The summed E-state index contributed by atoms with van der Waals surface area (Å²) in [6.07, 6.45) is 11.0. The van der Waals surface area contributed by atoms with Crippen molar-refractivity contribution < 1.29 is 0 Å². The van der Waals surface area contributed by atoms with Crippen LogP contribution in [-0.2, 0) is 19.3 Å². The maximum atomic E-state index is 5.04. The lowest BCUT2D eigenvalue weighted by Gasteiger charge is -2.08. The van der Waals surface area contributed by atoms with Crippen LogP contribution in [0.4, 0.5) is 0 Å². The van der Waals surface area contributed by atoms with Crippen molar-refractivity contribution in [3.63, 3.8) is 0 Å². The molecule has 4 rings (SSSR count). The van der Waals surface area contributed by atoms with Crippen molar-refractivity contribution in [1.29, 1.82) is 0 Å². The van der Waals surface area contributed by atoms with E-state index in [0.717, 1.165) is 21.8 Å². The molecule has 0 N–H and O–H groups in total. The molecule has 0 saturated carbocycles. The standard InChI is InChI=1S/C17H19N3S2/c1-3-4-8-12-10-6-5-7-11(10)13-14-15(22-16(13)20-12)17(21-2)19-9-18-14/h9H,3-8H2,1-2H3. The molecular formula is C17H19N3S2. The molecular weight excluding hydrogens is 310 g/mol. The molecule has 0 radical (unpaired) electrons. The summed E-state index contributed by atoms with van der Waals surface area (Å²) in [6.45, 7) is 2.25. The topological polar surface area (TPSA) is 38.7 Å². The van der Waals surface area contributed by atoms with Gasteiger partial charge in [0.2, 0.25) is 0 Å². The fourth-order valence-electron chi connectivity index (χ4n) is 3.45. The fourth-order valence-corrected chi connectivity index (χ4v) is 5.32. The van der Waals surface area contributed by atoms with Crippen molar-refractivity contribution in [3.8, 4) is 0 Å². The molecule has 0 saturated heterocycles. The van der Waals surface area contributed by atoms with Gasteiger partial charge in [0.05, 0.1) is 10.2 Å². The van der Waals surface area contributed by atoms with Crippen molar-refractivity contribution >= 4 is 43.5 Å². The second kappa shape index (κ2) is 5.78. The number of pyridine rings is 1. The van der Waals surface area contributed by atoms with Gasteiger partial charge in [-0.2, -0.15) is 0 Å². The molecule has 0 amide bonds. The van der Waals surface area contributed by atoms with Crippen molar-refractivity contribution in [2.75, 3.05) is 6.26 Å². The first-order valence-corrected chi connectivity index (χ1v) is 9.99. The lowest BCUT2D eigenvalue weighted by atomic mass is 10.0. The summed E-state index contributed by atoms with van der Waals surface area (Å²) >= 11 is 3.47. The van der Waals surface area contributed by atoms with Crippen LogP contribution in [0.2, 0.25) is 0 Å². The Morgan fingerprint density at radius 2 is 2.09 bits per heavy atom. The van der Waals surface area contributed by atoms with E-state index in [4.69, 9.17) is 4.98 Å². The molecule has 3 heterocycles. The number of nitrogens with zero attached hydrogens (tertiary/aromatic N) is 3. The minimum Gasteiger partial charge on any atom is -0.242 e. The first-order valence-electron chi connectivity index (χ1n) is 7.95. The van der Waals surface area contributed by atoms with Crippen LogP contribution in [0.3, 0.4) is 0 Å². The highest BCUT2D eigenvalue weighted by atomic mass is 32.2. The van der Waals surface area contributed by atoms with Crippen molar-refractivity contribution in [1.82, 2.24) is 15.0 Å². The smallest absolute Gasteiger partial charge is 0.126 e. The molecule has 0 fully saturated rings. The van der Waals surface area contributed by atoms with E-state index in [0.29, 0.717) is 0 Å². The Morgan fingerprint density at radius 3 is 2.91 bits per heavy atom. The van der Waals surface area contributed by atoms with Crippen LogP contribution in [-0.4, -0.2) is 21.2 Å². The summed E-state index contributed by atoms with van der Waals surface area (Å²) in [4.78, 5) is 15.2.